The molecule has 104 valence electrons. The minimum atomic E-state index is -1.10. The summed E-state index contributed by atoms with van der Waals surface area (Å²) >= 11 is 0. The van der Waals surface area contributed by atoms with Crippen LogP contribution >= 0.6 is 0 Å². The number of carbonyl (C=O) groups is 1. The van der Waals surface area contributed by atoms with Gasteiger partial charge in [0.1, 0.15) is 11.7 Å². The van der Waals surface area contributed by atoms with Gasteiger partial charge in [-0.3, -0.25) is 0 Å². The lowest BCUT2D eigenvalue weighted by molar-refractivity contribution is -0.137. The third kappa shape index (κ3) is 2.27. The number of hydrogen-bond donors (Lipinski definition) is 1. The smallest absolute Gasteiger partial charge is 0.344 e. The second-order valence-corrected chi connectivity index (χ2v) is 4.36. The molecule has 4 nitrogen and oxygen atoms in total. The molecule has 2 rings (SSSR count). The number of carbonyl (C=O) groups excluding carboxylic acids is 1. The Hall–Kier alpha value is -2.29. The molecule has 0 aliphatic heterocycles. The lowest BCUT2D eigenvalue weighted by Gasteiger charge is -2.14. The summed E-state index contributed by atoms with van der Waals surface area (Å²) in [4.78, 5) is 11.6. The molecule has 0 fully saturated rings. The molecule has 0 spiro atoms. The summed E-state index contributed by atoms with van der Waals surface area (Å²) in [7, 11) is 1.27. The summed E-state index contributed by atoms with van der Waals surface area (Å²) in [6.07, 6.45) is -1.10. The molecule has 1 unspecified atom stereocenters. The number of methoxy groups -OCH3 is 1. The van der Waals surface area contributed by atoms with Gasteiger partial charge < -0.3 is 14.4 Å². The monoisotopic (exact) mass is 271 g/mol. The molecule has 20 heavy (non-hydrogen) atoms. The first-order chi connectivity index (χ1) is 9.63. The number of aryl methyl sites for hydroxylation is 1. The van der Waals surface area contributed by atoms with Crippen LogP contribution in [-0.2, 0) is 16.1 Å². The van der Waals surface area contributed by atoms with Gasteiger partial charge in [0.15, 0.2) is 0 Å². The van der Waals surface area contributed by atoms with Crippen molar-refractivity contribution in [2.75, 3.05) is 7.11 Å². The van der Waals surface area contributed by atoms with E-state index in [1.807, 2.05) is 41.8 Å². The van der Waals surface area contributed by atoms with Crippen LogP contribution in [0.4, 0.5) is 0 Å². The van der Waals surface area contributed by atoms with Gasteiger partial charge in [-0.2, -0.15) is 0 Å². The van der Waals surface area contributed by atoms with Gasteiger partial charge >= 0.3 is 5.97 Å². The highest BCUT2D eigenvalue weighted by molar-refractivity contribution is 5.90. The second kappa shape index (κ2) is 5.78. The Morgan fingerprint density at radius 1 is 1.50 bits per heavy atom. The molecule has 1 aromatic heterocycles. The maximum absolute atomic E-state index is 11.6. The lowest BCUT2D eigenvalue weighted by Crippen LogP contribution is -2.15. The Kier molecular flexibility index (Phi) is 4.08. The first-order valence-electron chi connectivity index (χ1n) is 6.38. The number of aliphatic hydroxyl groups is 1. The molecule has 0 bridgehead atoms. The third-order valence-electron chi connectivity index (χ3n) is 3.31. The number of aromatic nitrogens is 1. The molecule has 1 heterocycles. The van der Waals surface area contributed by atoms with Crippen molar-refractivity contribution in [1.29, 1.82) is 0 Å². The zero-order valence-electron chi connectivity index (χ0n) is 11.6. The van der Waals surface area contributed by atoms with E-state index in [-0.39, 0.29) is 5.57 Å². The van der Waals surface area contributed by atoms with Gasteiger partial charge in [0.05, 0.1) is 12.8 Å². The maximum Gasteiger partial charge on any atom is 0.344 e. The van der Waals surface area contributed by atoms with Crippen molar-refractivity contribution in [2.45, 2.75) is 19.6 Å². The van der Waals surface area contributed by atoms with Crippen molar-refractivity contribution in [3.8, 4) is 0 Å². The van der Waals surface area contributed by atoms with E-state index in [0.717, 1.165) is 10.9 Å². The fourth-order valence-corrected chi connectivity index (χ4v) is 2.35. The number of fused-ring (bicyclic) bond motifs is 1. The van der Waals surface area contributed by atoms with E-state index in [9.17, 15) is 9.90 Å². The predicted molar refractivity (Wildman–Crippen MR) is 77.2 cm³/mol. The van der Waals surface area contributed by atoms with Crippen LogP contribution in [-0.4, -0.2) is 22.8 Å². The van der Waals surface area contributed by atoms with Gasteiger partial charge in [-0.1, -0.05) is 24.8 Å². The van der Waals surface area contributed by atoms with Crippen LogP contribution in [0, 0.1) is 0 Å². The SMILES string of the molecule is C=C=C(C(=O)OC)C(O)c1cc2ccccc2n1CC. The van der Waals surface area contributed by atoms with Crippen molar-refractivity contribution in [1.82, 2.24) is 4.57 Å². The largest absolute Gasteiger partial charge is 0.465 e. The van der Waals surface area contributed by atoms with E-state index < -0.39 is 12.1 Å². The average Bonchev–Trinajstić information content (AvgIpc) is 2.86. The summed E-state index contributed by atoms with van der Waals surface area (Å²) in [5, 5.41) is 11.4. The topological polar surface area (TPSA) is 51.5 Å². The van der Waals surface area contributed by atoms with E-state index in [4.69, 9.17) is 0 Å². The average molecular weight is 271 g/mol. The number of benzene rings is 1. The molecule has 0 radical (unpaired) electrons. The molecular formula is C16H17NO3. The first-order valence-corrected chi connectivity index (χ1v) is 6.38. The molecule has 0 saturated carbocycles. The van der Waals surface area contributed by atoms with Gasteiger partial charge in [0.2, 0.25) is 0 Å². The minimum Gasteiger partial charge on any atom is -0.465 e. The summed E-state index contributed by atoms with van der Waals surface area (Å²) in [6, 6.07) is 9.68. The number of nitrogens with zero attached hydrogens (tertiary/aromatic N) is 1. The molecule has 0 saturated heterocycles. The number of esters is 1. The van der Waals surface area contributed by atoms with Crippen LogP contribution in [0.3, 0.4) is 0 Å². The van der Waals surface area contributed by atoms with Crippen molar-refractivity contribution >= 4 is 16.9 Å². The van der Waals surface area contributed by atoms with Crippen LogP contribution < -0.4 is 0 Å². The zero-order chi connectivity index (χ0) is 14.7. The summed E-state index contributed by atoms with van der Waals surface area (Å²) in [6.45, 7) is 6.12. The van der Waals surface area contributed by atoms with E-state index in [1.165, 1.54) is 7.11 Å². The zero-order valence-corrected chi connectivity index (χ0v) is 11.6. The van der Waals surface area contributed by atoms with Gasteiger partial charge in [0, 0.05) is 12.1 Å². The van der Waals surface area contributed by atoms with E-state index >= 15 is 0 Å². The molecular weight excluding hydrogens is 254 g/mol. The normalized spacial score (nSPS) is 11.9. The van der Waals surface area contributed by atoms with Crippen LogP contribution in [0.2, 0.25) is 0 Å². The van der Waals surface area contributed by atoms with Crippen LogP contribution in [0.5, 0.6) is 0 Å². The Bertz CT molecular complexity index is 693. The Morgan fingerprint density at radius 3 is 2.80 bits per heavy atom. The highest BCUT2D eigenvalue weighted by Gasteiger charge is 2.24. The van der Waals surface area contributed by atoms with Crippen LogP contribution in [0.15, 0.2) is 48.2 Å². The number of ether oxygens (including phenoxy) is 1. The van der Waals surface area contributed by atoms with E-state index in [0.29, 0.717) is 12.2 Å². The van der Waals surface area contributed by atoms with Gasteiger partial charge in [0.25, 0.3) is 0 Å². The molecule has 2 aromatic rings. The molecule has 1 aromatic carbocycles. The molecule has 0 amide bonds. The van der Waals surface area contributed by atoms with Gasteiger partial charge in [-0.15, -0.1) is 5.73 Å². The summed E-state index contributed by atoms with van der Waals surface area (Å²) in [5.41, 5.74) is 4.14. The molecule has 0 aliphatic rings. The lowest BCUT2D eigenvalue weighted by atomic mass is 10.1. The molecule has 4 heteroatoms. The minimum absolute atomic E-state index is 0.0185. The van der Waals surface area contributed by atoms with E-state index in [2.05, 4.69) is 17.0 Å². The summed E-state index contributed by atoms with van der Waals surface area (Å²) in [5.74, 6) is -0.625. The van der Waals surface area contributed by atoms with Crippen molar-refractivity contribution in [3.05, 3.63) is 53.9 Å². The van der Waals surface area contributed by atoms with Crippen molar-refractivity contribution in [3.63, 3.8) is 0 Å². The number of hydrogen-bond acceptors (Lipinski definition) is 3. The molecule has 1 atom stereocenters. The van der Waals surface area contributed by atoms with Crippen LogP contribution in [0.1, 0.15) is 18.7 Å². The van der Waals surface area contributed by atoms with Gasteiger partial charge in [-0.25, -0.2) is 4.79 Å². The predicted octanol–water partition coefficient (Wildman–Crippen LogP) is 2.58. The van der Waals surface area contributed by atoms with Crippen LogP contribution in [0.25, 0.3) is 10.9 Å². The van der Waals surface area contributed by atoms with E-state index in [1.54, 1.807) is 0 Å². The number of aliphatic hydroxyl groups excluding tert-OH is 1. The Morgan fingerprint density at radius 2 is 2.20 bits per heavy atom. The second-order valence-electron chi connectivity index (χ2n) is 4.36. The number of para-hydroxylation sites is 1. The Balaban J connectivity index is 2.57. The highest BCUT2D eigenvalue weighted by Crippen LogP contribution is 2.28. The quantitative estimate of drug-likeness (QED) is 0.528. The highest BCUT2D eigenvalue weighted by atomic mass is 16.5. The van der Waals surface area contributed by atoms with Crippen molar-refractivity contribution in [2.24, 2.45) is 0 Å². The molecule has 0 aliphatic carbocycles. The maximum atomic E-state index is 11.6. The van der Waals surface area contributed by atoms with Gasteiger partial charge in [-0.05, 0) is 24.4 Å². The molecule has 1 N–H and O–H groups in total. The fraction of sp³-hybridized carbons (Fsp3) is 0.250. The Labute approximate surface area is 117 Å². The first kappa shape index (κ1) is 14.1. The van der Waals surface area contributed by atoms with Crippen molar-refractivity contribution < 1.29 is 14.6 Å². The third-order valence-corrected chi connectivity index (χ3v) is 3.31. The number of rotatable bonds is 4. The standard InChI is InChI=1S/C16H17NO3/c1-4-12(16(19)20-3)15(18)14-10-11-8-6-7-9-13(11)17(14)5-2/h6-10,15,18H,1,5H2,2-3H3. The summed E-state index contributed by atoms with van der Waals surface area (Å²) < 4.78 is 6.60. The fourth-order valence-electron chi connectivity index (χ4n) is 2.35.